The second kappa shape index (κ2) is 5.61. The van der Waals surface area contributed by atoms with E-state index in [1.165, 1.54) is 11.3 Å². The molecule has 2 aromatic rings. The molecule has 2 atom stereocenters. The number of thiazole rings is 1. The minimum absolute atomic E-state index is 0.0657. The maximum Gasteiger partial charge on any atom is 0.254 e. The first-order valence-electron chi connectivity index (χ1n) is 7.38. The molecule has 0 unspecified atom stereocenters. The molecule has 6 heteroatoms. The average molecular weight is 320 g/mol. The average Bonchev–Trinajstić information content (AvgIpc) is 3.07. The standard InChI is InChI=1S/C16H20N2O3S/c1-16(2)7-8-18(9-16)15(21)13(20)12(19)14-17-10-5-3-4-6-11(10)22-14/h3-6,12-13,19-20H,7-9H2,1-2H3/t12-,13-/m0/s1. The molecule has 0 spiro atoms. The molecule has 118 valence electrons. The Morgan fingerprint density at radius 1 is 1.36 bits per heavy atom. The highest BCUT2D eigenvalue weighted by atomic mass is 32.1. The minimum atomic E-state index is -1.46. The van der Waals surface area contributed by atoms with Gasteiger partial charge in [-0.1, -0.05) is 26.0 Å². The number of fused-ring (bicyclic) bond motifs is 1. The summed E-state index contributed by atoms with van der Waals surface area (Å²) in [4.78, 5) is 18.3. The molecule has 0 saturated carbocycles. The molecular formula is C16H20N2O3S. The zero-order chi connectivity index (χ0) is 15.9. The van der Waals surface area contributed by atoms with Crippen molar-refractivity contribution in [3.05, 3.63) is 29.3 Å². The van der Waals surface area contributed by atoms with E-state index in [1.54, 1.807) is 4.90 Å². The fraction of sp³-hybridized carbons (Fsp3) is 0.500. The maximum atomic E-state index is 12.4. The summed E-state index contributed by atoms with van der Waals surface area (Å²) in [5.41, 5.74) is 0.833. The molecule has 1 aliphatic heterocycles. The summed E-state index contributed by atoms with van der Waals surface area (Å²) in [5.74, 6) is -0.419. The lowest BCUT2D eigenvalue weighted by Crippen LogP contribution is -2.41. The number of likely N-dealkylation sites (tertiary alicyclic amines) is 1. The maximum absolute atomic E-state index is 12.4. The SMILES string of the molecule is CC1(C)CCN(C(=O)[C@@H](O)[C@H](O)c2nc3ccccc3s2)C1. The number of rotatable bonds is 3. The Kier molecular flexibility index (Phi) is 3.92. The monoisotopic (exact) mass is 320 g/mol. The van der Waals surface area contributed by atoms with Crippen LogP contribution in [-0.2, 0) is 4.79 Å². The van der Waals surface area contributed by atoms with Crippen LogP contribution >= 0.6 is 11.3 Å². The molecule has 0 bridgehead atoms. The lowest BCUT2D eigenvalue weighted by Gasteiger charge is -2.24. The van der Waals surface area contributed by atoms with Gasteiger partial charge in [0, 0.05) is 13.1 Å². The van der Waals surface area contributed by atoms with Crippen molar-refractivity contribution in [2.24, 2.45) is 5.41 Å². The van der Waals surface area contributed by atoms with E-state index in [2.05, 4.69) is 18.8 Å². The van der Waals surface area contributed by atoms with Crippen LogP contribution < -0.4 is 0 Å². The number of aliphatic hydroxyl groups is 2. The van der Waals surface area contributed by atoms with Crippen molar-refractivity contribution in [2.75, 3.05) is 13.1 Å². The van der Waals surface area contributed by atoms with Crippen LogP contribution in [0.15, 0.2) is 24.3 Å². The fourth-order valence-corrected chi connectivity index (χ4v) is 3.76. The van der Waals surface area contributed by atoms with E-state index >= 15 is 0 Å². The highest BCUT2D eigenvalue weighted by Crippen LogP contribution is 2.32. The molecule has 22 heavy (non-hydrogen) atoms. The molecule has 1 amide bonds. The summed E-state index contributed by atoms with van der Waals surface area (Å²) in [6.07, 6.45) is -1.84. The molecular weight excluding hydrogens is 300 g/mol. The molecule has 3 rings (SSSR count). The number of carbonyl (C=O) groups is 1. The Morgan fingerprint density at radius 2 is 2.09 bits per heavy atom. The van der Waals surface area contributed by atoms with Crippen molar-refractivity contribution in [2.45, 2.75) is 32.5 Å². The summed E-state index contributed by atoms with van der Waals surface area (Å²) in [6, 6.07) is 7.51. The smallest absolute Gasteiger partial charge is 0.254 e. The largest absolute Gasteiger partial charge is 0.383 e. The van der Waals surface area contributed by atoms with Gasteiger partial charge in [0.05, 0.1) is 10.2 Å². The van der Waals surface area contributed by atoms with Gasteiger partial charge < -0.3 is 15.1 Å². The topological polar surface area (TPSA) is 73.7 Å². The van der Waals surface area contributed by atoms with E-state index in [-0.39, 0.29) is 5.41 Å². The minimum Gasteiger partial charge on any atom is -0.383 e. The molecule has 0 aliphatic carbocycles. The van der Waals surface area contributed by atoms with Crippen molar-refractivity contribution in [1.29, 1.82) is 0 Å². The number of benzene rings is 1. The molecule has 1 fully saturated rings. The van der Waals surface area contributed by atoms with E-state index in [0.29, 0.717) is 18.1 Å². The van der Waals surface area contributed by atoms with E-state index in [0.717, 1.165) is 16.6 Å². The number of hydrogen-bond acceptors (Lipinski definition) is 5. The van der Waals surface area contributed by atoms with Crippen molar-refractivity contribution < 1.29 is 15.0 Å². The number of nitrogens with zero attached hydrogens (tertiary/aromatic N) is 2. The Morgan fingerprint density at radius 3 is 2.73 bits per heavy atom. The number of amides is 1. The third-order valence-electron chi connectivity index (χ3n) is 4.10. The molecule has 2 N–H and O–H groups in total. The zero-order valence-corrected chi connectivity index (χ0v) is 13.5. The van der Waals surface area contributed by atoms with E-state index in [1.807, 2.05) is 24.3 Å². The molecule has 1 aliphatic rings. The number of para-hydroxylation sites is 1. The van der Waals surface area contributed by atoms with Crippen LogP contribution in [0.1, 0.15) is 31.4 Å². The summed E-state index contributed by atoms with van der Waals surface area (Å²) in [6.45, 7) is 5.41. The second-order valence-electron chi connectivity index (χ2n) is 6.58. The van der Waals surface area contributed by atoms with Crippen molar-refractivity contribution in [1.82, 2.24) is 9.88 Å². The number of aliphatic hydroxyl groups excluding tert-OH is 2. The highest BCUT2D eigenvalue weighted by molar-refractivity contribution is 7.18. The molecule has 1 saturated heterocycles. The van der Waals surface area contributed by atoms with Gasteiger partial charge in [0.25, 0.3) is 5.91 Å². The lowest BCUT2D eigenvalue weighted by molar-refractivity contribution is -0.145. The summed E-state index contributed by atoms with van der Waals surface area (Å²) < 4.78 is 0.929. The predicted molar refractivity (Wildman–Crippen MR) is 85.6 cm³/mol. The van der Waals surface area contributed by atoms with E-state index in [4.69, 9.17) is 0 Å². The Balaban J connectivity index is 1.76. The van der Waals surface area contributed by atoms with E-state index in [9.17, 15) is 15.0 Å². The van der Waals surface area contributed by atoms with Crippen LogP contribution in [0.4, 0.5) is 0 Å². The van der Waals surface area contributed by atoms with Gasteiger partial charge in [-0.05, 0) is 24.0 Å². The van der Waals surface area contributed by atoms with Gasteiger partial charge in [-0.25, -0.2) is 4.98 Å². The number of carbonyl (C=O) groups excluding carboxylic acids is 1. The third-order valence-corrected chi connectivity index (χ3v) is 5.21. The first-order valence-corrected chi connectivity index (χ1v) is 8.19. The van der Waals surface area contributed by atoms with Crippen LogP contribution in [0.25, 0.3) is 10.2 Å². The van der Waals surface area contributed by atoms with Crippen LogP contribution in [0.3, 0.4) is 0 Å². The molecule has 2 heterocycles. The zero-order valence-electron chi connectivity index (χ0n) is 12.7. The Labute approximate surface area is 133 Å². The van der Waals surface area contributed by atoms with Crippen LogP contribution in [-0.4, -0.2) is 45.2 Å². The van der Waals surface area contributed by atoms with Gasteiger partial charge in [0.1, 0.15) is 11.1 Å². The number of aromatic nitrogens is 1. The van der Waals surface area contributed by atoms with Crippen LogP contribution in [0.5, 0.6) is 0 Å². The molecule has 0 radical (unpaired) electrons. The predicted octanol–water partition coefficient (Wildman–Crippen LogP) is 1.95. The van der Waals surface area contributed by atoms with Gasteiger partial charge in [0.2, 0.25) is 0 Å². The Bertz CT molecular complexity index is 665. The van der Waals surface area contributed by atoms with Crippen molar-refractivity contribution in [3.8, 4) is 0 Å². The quantitative estimate of drug-likeness (QED) is 0.906. The van der Waals surface area contributed by atoms with Gasteiger partial charge >= 0.3 is 0 Å². The summed E-state index contributed by atoms with van der Waals surface area (Å²) in [5, 5.41) is 20.9. The van der Waals surface area contributed by atoms with Gasteiger partial charge in [-0.2, -0.15) is 0 Å². The lowest BCUT2D eigenvalue weighted by atomic mass is 9.93. The van der Waals surface area contributed by atoms with Gasteiger partial charge in [-0.15, -0.1) is 11.3 Å². The summed E-state index contributed by atoms with van der Waals surface area (Å²) in [7, 11) is 0. The Hall–Kier alpha value is -1.50. The van der Waals surface area contributed by atoms with Crippen molar-refractivity contribution in [3.63, 3.8) is 0 Å². The molecule has 5 nitrogen and oxygen atoms in total. The van der Waals surface area contributed by atoms with Crippen LogP contribution in [0, 0.1) is 5.41 Å². The highest BCUT2D eigenvalue weighted by Gasteiger charge is 2.37. The first kappa shape index (κ1) is 15.4. The van der Waals surface area contributed by atoms with Gasteiger partial charge in [0.15, 0.2) is 6.10 Å². The van der Waals surface area contributed by atoms with Crippen LogP contribution in [0.2, 0.25) is 0 Å². The molecule has 1 aromatic heterocycles. The fourth-order valence-electron chi connectivity index (χ4n) is 2.77. The first-order chi connectivity index (χ1) is 10.4. The van der Waals surface area contributed by atoms with Crippen molar-refractivity contribution >= 4 is 27.5 Å². The second-order valence-corrected chi connectivity index (χ2v) is 7.65. The third kappa shape index (κ3) is 2.86. The number of hydrogen-bond donors (Lipinski definition) is 2. The molecule has 1 aromatic carbocycles. The normalized spacial score (nSPS) is 20.3. The van der Waals surface area contributed by atoms with Gasteiger partial charge in [-0.3, -0.25) is 4.79 Å². The summed E-state index contributed by atoms with van der Waals surface area (Å²) >= 11 is 1.30. The van der Waals surface area contributed by atoms with E-state index < -0.39 is 18.1 Å².